The van der Waals surface area contributed by atoms with E-state index < -0.39 is 11.6 Å². The Balaban J connectivity index is 1.65. The van der Waals surface area contributed by atoms with E-state index in [9.17, 15) is 8.78 Å². The van der Waals surface area contributed by atoms with Gasteiger partial charge in [-0.1, -0.05) is 0 Å². The average molecular weight is 486 g/mol. The van der Waals surface area contributed by atoms with Crippen molar-refractivity contribution in [1.29, 1.82) is 0 Å². The Morgan fingerprint density at radius 2 is 1.94 bits per heavy atom. The van der Waals surface area contributed by atoms with E-state index in [2.05, 4.69) is 20.5 Å². The molecule has 1 aromatic carbocycles. The first-order valence-corrected chi connectivity index (χ1v) is 11.3. The van der Waals surface area contributed by atoms with Crippen LogP contribution in [0.25, 0.3) is 11.1 Å². The van der Waals surface area contributed by atoms with Crippen LogP contribution in [0.3, 0.4) is 0 Å². The molecule has 0 amide bonds. The van der Waals surface area contributed by atoms with Crippen molar-refractivity contribution in [1.82, 2.24) is 20.1 Å². The van der Waals surface area contributed by atoms with Gasteiger partial charge in [0.15, 0.2) is 17.4 Å². The van der Waals surface area contributed by atoms with E-state index in [-0.39, 0.29) is 34.8 Å². The van der Waals surface area contributed by atoms with Crippen molar-refractivity contribution < 1.29 is 13.5 Å². The summed E-state index contributed by atoms with van der Waals surface area (Å²) in [7, 11) is 0. The number of aromatic nitrogens is 3. The number of hydrazone groups is 1. The molecule has 3 heterocycles. The topological polar surface area (TPSA) is 146 Å². The predicted octanol–water partition coefficient (Wildman–Crippen LogP) is 2.52. The minimum atomic E-state index is -1.21. The van der Waals surface area contributed by atoms with Crippen LogP contribution < -0.4 is 32.5 Å². The molecule has 35 heavy (non-hydrogen) atoms. The fraction of sp³-hybridized carbons (Fsp3) is 0.348. The summed E-state index contributed by atoms with van der Waals surface area (Å²) in [6, 6.07) is 4.56. The van der Waals surface area contributed by atoms with Crippen molar-refractivity contribution in [2.24, 2.45) is 16.8 Å². The third kappa shape index (κ3) is 5.03. The van der Waals surface area contributed by atoms with E-state index in [1.54, 1.807) is 32.3 Å². The maximum atomic E-state index is 14.9. The fourth-order valence-electron chi connectivity index (χ4n) is 4.00. The number of halogens is 2. The fourth-order valence-corrected chi connectivity index (χ4v) is 4.00. The molecule has 12 heteroatoms. The number of nitrogens with zero attached hydrogens (tertiary/aromatic N) is 5. The van der Waals surface area contributed by atoms with Crippen LogP contribution in [0.4, 0.5) is 20.3 Å². The number of nitrogens with one attached hydrogen (secondary N) is 1. The molecular weight excluding hydrogens is 456 g/mol. The standard InChI is InChI=1S/C23H29F2N9O/c1-13(2)35-19-4-3-18(20(24)21(19)25)34(28)23(32-27)17-9-14(10-30-22(17)26)15-11-31-33(12-15)16-5-7-29-8-6-16/h3-4,9-13,16,29H,5-8,27-28H2,1-2H3,(H2,26,30)/b32-23-. The zero-order chi connectivity index (χ0) is 25.1. The summed E-state index contributed by atoms with van der Waals surface area (Å²) in [5.41, 5.74) is 7.54. The first-order valence-electron chi connectivity index (χ1n) is 11.3. The van der Waals surface area contributed by atoms with Crippen molar-refractivity contribution in [2.45, 2.75) is 38.8 Å². The van der Waals surface area contributed by atoms with E-state index in [0.717, 1.165) is 36.5 Å². The lowest BCUT2D eigenvalue weighted by Crippen LogP contribution is -2.40. The van der Waals surface area contributed by atoms with E-state index in [0.29, 0.717) is 11.6 Å². The molecule has 10 nitrogen and oxygen atoms in total. The predicted molar refractivity (Wildman–Crippen MR) is 131 cm³/mol. The van der Waals surface area contributed by atoms with Crippen LogP contribution in [0.15, 0.2) is 41.9 Å². The molecule has 1 fully saturated rings. The maximum Gasteiger partial charge on any atom is 0.202 e. The van der Waals surface area contributed by atoms with Crippen molar-refractivity contribution in [3.8, 4) is 16.9 Å². The first kappa shape index (κ1) is 24.4. The van der Waals surface area contributed by atoms with Crippen LogP contribution in [0, 0.1) is 11.6 Å². The second kappa shape index (κ2) is 10.2. The number of rotatable bonds is 6. The summed E-state index contributed by atoms with van der Waals surface area (Å²) in [5.74, 6) is 9.10. The summed E-state index contributed by atoms with van der Waals surface area (Å²) in [6.45, 7) is 5.30. The molecule has 1 aliphatic heterocycles. The summed E-state index contributed by atoms with van der Waals surface area (Å²) in [6.07, 6.45) is 6.91. The Hall–Kier alpha value is -3.77. The zero-order valence-corrected chi connectivity index (χ0v) is 19.6. The molecule has 7 N–H and O–H groups in total. The second-order valence-electron chi connectivity index (χ2n) is 8.55. The van der Waals surface area contributed by atoms with Crippen LogP contribution in [-0.4, -0.2) is 39.8 Å². The number of nitrogen functional groups attached to an aromatic ring is 1. The van der Waals surface area contributed by atoms with Gasteiger partial charge in [0.1, 0.15) is 5.82 Å². The quantitative estimate of drug-likeness (QED) is 0.180. The highest BCUT2D eigenvalue weighted by atomic mass is 19.2. The van der Waals surface area contributed by atoms with Gasteiger partial charge in [0.25, 0.3) is 0 Å². The summed E-state index contributed by atoms with van der Waals surface area (Å²) in [4.78, 5) is 4.23. The lowest BCUT2D eigenvalue weighted by atomic mass is 10.1. The lowest BCUT2D eigenvalue weighted by Gasteiger charge is -2.23. The smallest absolute Gasteiger partial charge is 0.202 e. The van der Waals surface area contributed by atoms with Gasteiger partial charge in [-0.05, 0) is 58.0 Å². The number of hydrazine groups is 1. The first-order chi connectivity index (χ1) is 16.8. The van der Waals surface area contributed by atoms with E-state index in [1.807, 2.05) is 10.9 Å². The third-order valence-electron chi connectivity index (χ3n) is 5.78. The SMILES string of the molecule is CC(C)Oc1ccc(N(N)/C(=N\N)c2cc(-c3cnn(C4CCNCC4)c3)cnc2N)c(F)c1F. The number of benzene rings is 1. The van der Waals surface area contributed by atoms with Crippen LogP contribution >= 0.6 is 0 Å². The molecule has 4 rings (SSSR count). The molecule has 2 aromatic heterocycles. The van der Waals surface area contributed by atoms with E-state index in [4.69, 9.17) is 22.2 Å². The van der Waals surface area contributed by atoms with Gasteiger partial charge in [-0.15, -0.1) is 0 Å². The Bertz CT molecular complexity index is 1220. The summed E-state index contributed by atoms with van der Waals surface area (Å²) >= 11 is 0. The number of piperidine rings is 1. The summed E-state index contributed by atoms with van der Waals surface area (Å²) < 4.78 is 36.7. The molecule has 1 aliphatic rings. The zero-order valence-electron chi connectivity index (χ0n) is 19.6. The molecule has 0 atom stereocenters. The minimum Gasteiger partial charge on any atom is -0.488 e. The van der Waals surface area contributed by atoms with Crippen molar-refractivity contribution in [2.75, 3.05) is 23.8 Å². The van der Waals surface area contributed by atoms with Gasteiger partial charge in [0, 0.05) is 23.5 Å². The Morgan fingerprint density at radius 1 is 1.20 bits per heavy atom. The van der Waals surface area contributed by atoms with Gasteiger partial charge in [0.05, 0.1) is 29.6 Å². The molecule has 0 unspecified atom stereocenters. The number of nitrogens with two attached hydrogens (primary N) is 3. The van der Waals surface area contributed by atoms with E-state index in [1.165, 1.54) is 12.1 Å². The maximum absolute atomic E-state index is 14.9. The highest BCUT2D eigenvalue weighted by molar-refractivity contribution is 6.12. The number of anilines is 2. The molecule has 0 radical (unpaired) electrons. The Labute approximate surface area is 201 Å². The molecule has 186 valence electrons. The van der Waals surface area contributed by atoms with Gasteiger partial charge in [0.2, 0.25) is 5.82 Å². The molecule has 0 aliphatic carbocycles. The highest BCUT2D eigenvalue weighted by Crippen LogP contribution is 2.30. The van der Waals surface area contributed by atoms with Crippen molar-refractivity contribution in [3.05, 3.63) is 54.0 Å². The van der Waals surface area contributed by atoms with Gasteiger partial charge >= 0.3 is 0 Å². The number of hydrogen-bond acceptors (Lipinski definition) is 8. The Kier molecular flexibility index (Phi) is 7.12. The van der Waals surface area contributed by atoms with Crippen molar-refractivity contribution in [3.63, 3.8) is 0 Å². The Morgan fingerprint density at radius 3 is 2.63 bits per heavy atom. The van der Waals surface area contributed by atoms with Gasteiger partial charge in [-0.3, -0.25) is 9.69 Å². The average Bonchev–Trinajstić information content (AvgIpc) is 3.34. The molecular formula is C23H29F2N9O. The number of ether oxygens (including phenoxy) is 1. The van der Waals surface area contributed by atoms with Crippen molar-refractivity contribution >= 4 is 17.3 Å². The van der Waals surface area contributed by atoms with Crippen LogP contribution in [0.2, 0.25) is 0 Å². The van der Waals surface area contributed by atoms with Gasteiger partial charge < -0.3 is 21.6 Å². The molecule has 0 spiro atoms. The highest BCUT2D eigenvalue weighted by Gasteiger charge is 2.24. The van der Waals surface area contributed by atoms with Gasteiger partial charge in [-0.25, -0.2) is 15.2 Å². The minimum absolute atomic E-state index is 0.0692. The lowest BCUT2D eigenvalue weighted by molar-refractivity contribution is 0.228. The summed E-state index contributed by atoms with van der Waals surface area (Å²) in [5, 5.41) is 12.4. The van der Waals surface area contributed by atoms with E-state index >= 15 is 0 Å². The van der Waals surface area contributed by atoms with Gasteiger partial charge in [-0.2, -0.15) is 14.6 Å². The molecule has 3 aromatic rings. The van der Waals surface area contributed by atoms with Crippen LogP contribution in [0.5, 0.6) is 5.75 Å². The van der Waals surface area contributed by atoms with Crippen LogP contribution in [0.1, 0.15) is 38.3 Å². The number of hydrogen-bond donors (Lipinski definition) is 4. The molecule has 1 saturated heterocycles. The monoisotopic (exact) mass is 485 g/mol. The number of pyridine rings is 1. The molecule has 0 bridgehead atoms. The second-order valence-corrected chi connectivity index (χ2v) is 8.55. The molecule has 0 saturated carbocycles. The largest absolute Gasteiger partial charge is 0.488 e. The third-order valence-corrected chi connectivity index (χ3v) is 5.78. The number of amidine groups is 1. The normalized spacial score (nSPS) is 15.0. The van der Waals surface area contributed by atoms with Crippen LogP contribution in [-0.2, 0) is 0 Å².